The van der Waals surface area contributed by atoms with Crippen LogP contribution in [-0.4, -0.2) is 71.3 Å². The van der Waals surface area contributed by atoms with E-state index in [4.69, 9.17) is 5.11 Å². The summed E-state index contributed by atoms with van der Waals surface area (Å²) in [5.74, 6) is -0.0233. The van der Waals surface area contributed by atoms with E-state index in [1.54, 1.807) is 6.92 Å². The minimum absolute atomic E-state index is 0.0233. The number of β-amino-alcohol motifs (C(OH)–C–C–N with tert-alkyl or cyclic N) is 1. The topological polar surface area (TPSA) is 73.2 Å². The minimum Gasteiger partial charge on any atom is -0.395 e. The Balaban J connectivity index is 2.47. The van der Waals surface area contributed by atoms with Gasteiger partial charge in [0.25, 0.3) is 0 Å². The van der Waals surface area contributed by atoms with Crippen LogP contribution in [0.3, 0.4) is 0 Å². The average Bonchev–Trinajstić information content (AvgIpc) is 2.32. The second kappa shape index (κ2) is 7.18. The van der Waals surface area contributed by atoms with Crippen molar-refractivity contribution in [3.8, 4) is 0 Å². The predicted molar refractivity (Wildman–Crippen MR) is 72.4 cm³/mol. The molecule has 1 heterocycles. The molecule has 1 unspecified atom stereocenters. The number of aliphatic hydroxyl groups is 1. The standard InChI is InChI=1S/C11H21N3O3S/c1-10(16)11(2,18-12-17)9-14-5-3-13(4-6-14)7-8-15/h15H,3-9H2,1-2H3. The molecule has 1 atom stereocenters. The molecule has 1 aliphatic heterocycles. The fourth-order valence-electron chi connectivity index (χ4n) is 2.03. The molecule has 1 saturated heterocycles. The van der Waals surface area contributed by atoms with Gasteiger partial charge >= 0.3 is 0 Å². The molecule has 7 heteroatoms. The third-order valence-electron chi connectivity index (χ3n) is 3.39. The van der Waals surface area contributed by atoms with Crippen LogP contribution in [0.4, 0.5) is 0 Å². The quantitative estimate of drug-likeness (QED) is 0.534. The Bertz CT molecular complexity index is 295. The first kappa shape index (κ1) is 15.6. The number of piperazine rings is 1. The zero-order valence-corrected chi connectivity index (χ0v) is 11.8. The highest BCUT2D eigenvalue weighted by molar-refractivity contribution is 8.00. The third-order valence-corrected chi connectivity index (χ3v) is 4.28. The van der Waals surface area contributed by atoms with Gasteiger partial charge in [-0.15, -0.1) is 4.91 Å². The van der Waals surface area contributed by atoms with Crippen molar-refractivity contribution >= 4 is 17.7 Å². The van der Waals surface area contributed by atoms with Gasteiger partial charge in [-0.2, -0.15) is 0 Å². The first-order valence-electron chi connectivity index (χ1n) is 6.09. The summed E-state index contributed by atoms with van der Waals surface area (Å²) in [5.41, 5.74) is 0. The molecule has 1 N–H and O–H groups in total. The zero-order chi connectivity index (χ0) is 13.6. The third kappa shape index (κ3) is 4.31. The van der Waals surface area contributed by atoms with Crippen LogP contribution in [0.15, 0.2) is 4.58 Å². The van der Waals surface area contributed by atoms with Crippen molar-refractivity contribution < 1.29 is 9.90 Å². The monoisotopic (exact) mass is 275 g/mol. The number of carbonyl (C=O) groups excluding carboxylic acids is 1. The van der Waals surface area contributed by atoms with E-state index in [0.29, 0.717) is 13.1 Å². The minimum atomic E-state index is -0.749. The number of nitroso groups, excluding NO2 is 1. The van der Waals surface area contributed by atoms with Gasteiger partial charge in [0.15, 0.2) is 0 Å². The van der Waals surface area contributed by atoms with Crippen LogP contribution in [0.25, 0.3) is 0 Å². The molecular formula is C11H21N3O3S. The predicted octanol–water partition coefficient (Wildman–Crippen LogP) is 0.359. The van der Waals surface area contributed by atoms with Crippen LogP contribution < -0.4 is 0 Å². The Labute approximate surface area is 112 Å². The summed E-state index contributed by atoms with van der Waals surface area (Å²) in [4.78, 5) is 26.4. The molecule has 0 radical (unpaired) electrons. The molecular weight excluding hydrogens is 254 g/mol. The molecule has 0 aromatic rings. The highest BCUT2D eigenvalue weighted by Gasteiger charge is 2.35. The van der Waals surface area contributed by atoms with Crippen molar-refractivity contribution in [2.75, 3.05) is 45.9 Å². The van der Waals surface area contributed by atoms with Gasteiger partial charge in [-0.1, -0.05) is 0 Å². The fraction of sp³-hybridized carbons (Fsp3) is 0.909. The van der Waals surface area contributed by atoms with E-state index in [0.717, 1.165) is 38.1 Å². The van der Waals surface area contributed by atoms with Crippen molar-refractivity contribution in [3.63, 3.8) is 0 Å². The lowest BCUT2D eigenvalue weighted by Gasteiger charge is -2.37. The van der Waals surface area contributed by atoms with Gasteiger partial charge in [-0.05, 0) is 13.8 Å². The first-order valence-corrected chi connectivity index (χ1v) is 6.86. The van der Waals surface area contributed by atoms with Crippen molar-refractivity contribution in [1.29, 1.82) is 0 Å². The summed E-state index contributed by atoms with van der Waals surface area (Å²) in [6.45, 7) is 8.15. The molecule has 0 spiro atoms. The number of carbonyl (C=O) groups is 1. The van der Waals surface area contributed by atoms with E-state index >= 15 is 0 Å². The van der Waals surface area contributed by atoms with Crippen LogP contribution in [0, 0.1) is 4.91 Å². The maximum absolute atomic E-state index is 11.6. The van der Waals surface area contributed by atoms with Gasteiger partial charge in [-0.25, -0.2) is 0 Å². The molecule has 18 heavy (non-hydrogen) atoms. The molecule has 0 aliphatic carbocycles. The van der Waals surface area contributed by atoms with E-state index in [1.165, 1.54) is 6.92 Å². The highest BCUT2D eigenvalue weighted by atomic mass is 32.2. The Hall–Kier alpha value is -0.500. The Morgan fingerprint density at radius 1 is 1.33 bits per heavy atom. The SMILES string of the molecule is CC(=O)C(C)(CN1CCN(CCO)CC1)SN=O. The lowest BCUT2D eigenvalue weighted by molar-refractivity contribution is -0.119. The van der Waals surface area contributed by atoms with Gasteiger partial charge in [-0.3, -0.25) is 14.6 Å². The van der Waals surface area contributed by atoms with E-state index in [2.05, 4.69) is 14.4 Å². The second-order valence-corrected chi connectivity index (χ2v) is 6.03. The van der Waals surface area contributed by atoms with Crippen molar-refractivity contribution in [3.05, 3.63) is 4.91 Å². The van der Waals surface area contributed by atoms with E-state index in [1.807, 2.05) is 0 Å². The summed E-state index contributed by atoms with van der Waals surface area (Å²) in [6, 6.07) is 0. The van der Waals surface area contributed by atoms with Crippen LogP contribution in [-0.2, 0) is 4.79 Å². The molecule has 1 rings (SSSR count). The Kier molecular flexibility index (Phi) is 6.20. The summed E-state index contributed by atoms with van der Waals surface area (Å²) < 4.78 is 2.07. The number of ketones is 1. The van der Waals surface area contributed by atoms with Gasteiger partial charge in [0.1, 0.15) is 10.5 Å². The van der Waals surface area contributed by atoms with Crippen molar-refractivity contribution in [2.24, 2.45) is 4.58 Å². The molecule has 6 nitrogen and oxygen atoms in total. The van der Waals surface area contributed by atoms with Gasteiger partial charge in [0.05, 0.1) is 6.61 Å². The van der Waals surface area contributed by atoms with E-state index in [9.17, 15) is 9.70 Å². The van der Waals surface area contributed by atoms with Crippen LogP contribution in [0.2, 0.25) is 0 Å². The Morgan fingerprint density at radius 3 is 2.33 bits per heavy atom. The number of aliphatic hydroxyl groups excluding tert-OH is 1. The van der Waals surface area contributed by atoms with Crippen molar-refractivity contribution in [2.45, 2.75) is 18.6 Å². The Morgan fingerprint density at radius 2 is 1.89 bits per heavy atom. The molecule has 1 aliphatic rings. The normalized spacial score (nSPS) is 21.5. The number of Topliss-reactive ketones (excluding diaryl/α,β-unsaturated/α-hetero) is 1. The molecule has 104 valence electrons. The molecule has 0 saturated carbocycles. The molecule has 0 aromatic carbocycles. The second-order valence-electron chi connectivity index (χ2n) is 4.79. The number of hydrogen-bond acceptors (Lipinski definition) is 7. The number of hydrogen-bond donors (Lipinski definition) is 1. The van der Waals surface area contributed by atoms with Crippen LogP contribution in [0.5, 0.6) is 0 Å². The zero-order valence-electron chi connectivity index (χ0n) is 11.0. The summed E-state index contributed by atoms with van der Waals surface area (Å²) in [7, 11) is 0. The molecule has 0 amide bonds. The largest absolute Gasteiger partial charge is 0.395 e. The summed E-state index contributed by atoms with van der Waals surface area (Å²) >= 11 is 0.816. The summed E-state index contributed by atoms with van der Waals surface area (Å²) in [6.07, 6.45) is 0. The summed E-state index contributed by atoms with van der Waals surface area (Å²) in [5, 5.41) is 8.86. The van der Waals surface area contributed by atoms with Gasteiger partial charge in [0, 0.05) is 55.8 Å². The van der Waals surface area contributed by atoms with E-state index in [-0.39, 0.29) is 12.4 Å². The first-order chi connectivity index (χ1) is 8.51. The maximum atomic E-state index is 11.6. The maximum Gasteiger partial charge on any atom is 0.148 e. The number of rotatable bonds is 7. The molecule has 1 fully saturated rings. The van der Waals surface area contributed by atoms with Crippen LogP contribution >= 0.6 is 11.9 Å². The lowest BCUT2D eigenvalue weighted by Crippen LogP contribution is -2.52. The fourth-order valence-corrected chi connectivity index (χ4v) is 2.56. The van der Waals surface area contributed by atoms with Crippen molar-refractivity contribution in [1.82, 2.24) is 9.80 Å². The van der Waals surface area contributed by atoms with Gasteiger partial charge in [0.2, 0.25) is 0 Å². The molecule has 0 bridgehead atoms. The van der Waals surface area contributed by atoms with Crippen LogP contribution in [0.1, 0.15) is 13.8 Å². The average molecular weight is 275 g/mol. The lowest BCUT2D eigenvalue weighted by atomic mass is 10.1. The van der Waals surface area contributed by atoms with E-state index < -0.39 is 4.75 Å². The number of nitrogens with zero attached hydrogens (tertiary/aromatic N) is 3. The smallest absolute Gasteiger partial charge is 0.148 e. The highest BCUT2D eigenvalue weighted by Crippen LogP contribution is 2.28. The van der Waals surface area contributed by atoms with Gasteiger partial charge < -0.3 is 5.11 Å². The molecule has 0 aromatic heterocycles.